The van der Waals surface area contributed by atoms with E-state index in [1.807, 2.05) is 62.4 Å². The number of aliphatic hydroxyl groups is 1. The van der Waals surface area contributed by atoms with Crippen LogP contribution in [0.5, 0.6) is 0 Å². The Hall–Kier alpha value is -2.96. The standard InChI is InChI=1S/C20H18N2O4.C2H6/c1-25-11-10-22-18-15-4-2-3-5-16(15)26-19(18)17(21-20(22)24)14-8-6-13(12-23)7-9-14;1-2/h2-9,23H,10-12H2,1H3;1-2H3. The third kappa shape index (κ3) is 3.56. The first-order chi connectivity index (χ1) is 13.7. The molecule has 6 heteroatoms. The number of nitrogens with zero attached hydrogens (tertiary/aromatic N) is 2. The van der Waals surface area contributed by atoms with Crippen molar-refractivity contribution >= 4 is 22.1 Å². The zero-order chi connectivity index (χ0) is 20.1. The monoisotopic (exact) mass is 380 g/mol. The molecular weight excluding hydrogens is 356 g/mol. The Morgan fingerprint density at radius 1 is 1.11 bits per heavy atom. The van der Waals surface area contributed by atoms with Crippen molar-refractivity contribution in [3.05, 3.63) is 64.6 Å². The van der Waals surface area contributed by atoms with Crippen LogP contribution in [0.4, 0.5) is 0 Å². The number of furan rings is 1. The van der Waals surface area contributed by atoms with Gasteiger partial charge in [0.15, 0.2) is 5.58 Å². The predicted molar refractivity (Wildman–Crippen MR) is 110 cm³/mol. The highest BCUT2D eigenvalue weighted by molar-refractivity contribution is 6.06. The molecule has 28 heavy (non-hydrogen) atoms. The van der Waals surface area contributed by atoms with E-state index >= 15 is 0 Å². The highest BCUT2D eigenvalue weighted by Crippen LogP contribution is 2.33. The van der Waals surface area contributed by atoms with Gasteiger partial charge in [-0.1, -0.05) is 50.2 Å². The van der Waals surface area contributed by atoms with Crippen molar-refractivity contribution in [1.29, 1.82) is 0 Å². The summed E-state index contributed by atoms with van der Waals surface area (Å²) in [5.41, 5.74) is 3.71. The number of methoxy groups -OCH3 is 1. The molecule has 4 rings (SSSR count). The minimum Gasteiger partial charge on any atom is -0.452 e. The van der Waals surface area contributed by atoms with Gasteiger partial charge in [-0.15, -0.1) is 0 Å². The molecule has 2 heterocycles. The third-order valence-corrected chi connectivity index (χ3v) is 4.42. The number of aliphatic hydroxyl groups excluding tert-OH is 1. The molecule has 0 aliphatic heterocycles. The Balaban J connectivity index is 0.00000109. The summed E-state index contributed by atoms with van der Waals surface area (Å²) in [5.74, 6) is 0. The fourth-order valence-electron chi connectivity index (χ4n) is 3.12. The Labute approximate surface area is 163 Å². The molecular formula is C22H24N2O4. The van der Waals surface area contributed by atoms with Crippen molar-refractivity contribution in [2.75, 3.05) is 13.7 Å². The number of hydrogen-bond donors (Lipinski definition) is 1. The van der Waals surface area contributed by atoms with E-state index in [4.69, 9.17) is 9.15 Å². The van der Waals surface area contributed by atoms with Gasteiger partial charge in [0.2, 0.25) is 0 Å². The molecule has 2 aromatic carbocycles. The topological polar surface area (TPSA) is 77.5 Å². The van der Waals surface area contributed by atoms with Crippen molar-refractivity contribution in [2.24, 2.45) is 0 Å². The normalized spacial score (nSPS) is 10.9. The van der Waals surface area contributed by atoms with Gasteiger partial charge in [0.25, 0.3) is 0 Å². The number of para-hydroxylation sites is 1. The van der Waals surface area contributed by atoms with Crippen LogP contribution in [0.25, 0.3) is 33.3 Å². The quantitative estimate of drug-likeness (QED) is 0.567. The van der Waals surface area contributed by atoms with Crippen LogP contribution in [0.2, 0.25) is 0 Å². The first-order valence-corrected chi connectivity index (χ1v) is 9.34. The van der Waals surface area contributed by atoms with E-state index in [-0.39, 0.29) is 12.3 Å². The van der Waals surface area contributed by atoms with E-state index in [2.05, 4.69) is 4.98 Å². The number of fused-ring (bicyclic) bond motifs is 3. The number of hydrogen-bond acceptors (Lipinski definition) is 5. The Kier molecular flexibility index (Phi) is 6.23. The average Bonchev–Trinajstić information content (AvgIpc) is 3.14. The van der Waals surface area contributed by atoms with E-state index in [9.17, 15) is 9.90 Å². The SMILES string of the molecule is CC.COCCn1c(=O)nc(-c2ccc(CO)cc2)c2oc3ccccc3c21. The summed E-state index contributed by atoms with van der Waals surface area (Å²) in [6.45, 7) is 4.76. The lowest BCUT2D eigenvalue weighted by atomic mass is 10.1. The van der Waals surface area contributed by atoms with Gasteiger partial charge in [-0.25, -0.2) is 4.79 Å². The molecule has 0 bridgehead atoms. The average molecular weight is 380 g/mol. The maximum Gasteiger partial charge on any atom is 0.348 e. The van der Waals surface area contributed by atoms with Gasteiger partial charge >= 0.3 is 5.69 Å². The number of benzene rings is 2. The molecule has 0 saturated heterocycles. The second-order valence-electron chi connectivity index (χ2n) is 6.02. The summed E-state index contributed by atoms with van der Waals surface area (Å²) in [7, 11) is 1.60. The molecule has 6 nitrogen and oxygen atoms in total. The Morgan fingerprint density at radius 3 is 2.50 bits per heavy atom. The number of aromatic nitrogens is 2. The molecule has 0 atom stereocenters. The molecule has 0 aliphatic carbocycles. The highest BCUT2D eigenvalue weighted by Gasteiger charge is 2.19. The molecule has 0 radical (unpaired) electrons. The second-order valence-corrected chi connectivity index (χ2v) is 6.02. The highest BCUT2D eigenvalue weighted by atomic mass is 16.5. The molecule has 0 fully saturated rings. The van der Waals surface area contributed by atoms with E-state index < -0.39 is 0 Å². The van der Waals surface area contributed by atoms with Crippen LogP contribution < -0.4 is 5.69 Å². The van der Waals surface area contributed by atoms with E-state index in [1.165, 1.54) is 0 Å². The summed E-state index contributed by atoms with van der Waals surface area (Å²) in [6.07, 6.45) is 0. The van der Waals surface area contributed by atoms with Gasteiger partial charge in [0.1, 0.15) is 16.8 Å². The van der Waals surface area contributed by atoms with Crippen molar-refractivity contribution < 1.29 is 14.3 Å². The van der Waals surface area contributed by atoms with Gasteiger partial charge in [-0.3, -0.25) is 4.57 Å². The van der Waals surface area contributed by atoms with Crippen molar-refractivity contribution in [3.63, 3.8) is 0 Å². The number of ether oxygens (including phenoxy) is 1. The fraction of sp³-hybridized carbons (Fsp3) is 0.273. The summed E-state index contributed by atoms with van der Waals surface area (Å²) in [4.78, 5) is 17.0. The molecule has 0 spiro atoms. The first-order valence-electron chi connectivity index (χ1n) is 9.34. The minimum atomic E-state index is -0.345. The van der Waals surface area contributed by atoms with Crippen LogP contribution in [-0.2, 0) is 17.9 Å². The van der Waals surface area contributed by atoms with Crippen LogP contribution in [0.15, 0.2) is 57.7 Å². The second kappa shape index (κ2) is 8.82. The van der Waals surface area contributed by atoms with Crippen molar-refractivity contribution in [3.8, 4) is 11.3 Å². The van der Waals surface area contributed by atoms with Crippen LogP contribution in [0.3, 0.4) is 0 Å². The molecule has 0 saturated carbocycles. The van der Waals surface area contributed by atoms with Crippen LogP contribution in [0, 0.1) is 0 Å². The molecule has 2 aromatic heterocycles. The molecule has 0 unspecified atom stereocenters. The van der Waals surface area contributed by atoms with Gasteiger partial charge in [0, 0.05) is 18.1 Å². The van der Waals surface area contributed by atoms with Crippen molar-refractivity contribution in [2.45, 2.75) is 27.0 Å². The molecule has 1 N–H and O–H groups in total. The zero-order valence-corrected chi connectivity index (χ0v) is 16.3. The Bertz CT molecular complexity index is 1130. The zero-order valence-electron chi connectivity index (χ0n) is 16.3. The van der Waals surface area contributed by atoms with Gasteiger partial charge in [0.05, 0.1) is 19.8 Å². The number of rotatable bonds is 5. The maximum atomic E-state index is 12.7. The first kappa shape index (κ1) is 19.8. The van der Waals surface area contributed by atoms with Crippen LogP contribution >= 0.6 is 0 Å². The lowest BCUT2D eigenvalue weighted by Gasteiger charge is -2.09. The molecule has 0 amide bonds. The van der Waals surface area contributed by atoms with Crippen LogP contribution in [-0.4, -0.2) is 28.4 Å². The van der Waals surface area contributed by atoms with Gasteiger partial charge < -0.3 is 14.3 Å². The summed E-state index contributed by atoms with van der Waals surface area (Å²) < 4.78 is 12.8. The maximum absolute atomic E-state index is 12.7. The van der Waals surface area contributed by atoms with Gasteiger partial charge in [-0.05, 0) is 17.7 Å². The van der Waals surface area contributed by atoms with E-state index in [1.54, 1.807) is 11.7 Å². The smallest absolute Gasteiger partial charge is 0.348 e. The van der Waals surface area contributed by atoms with Gasteiger partial charge in [-0.2, -0.15) is 4.98 Å². The molecule has 0 aliphatic rings. The fourth-order valence-corrected chi connectivity index (χ4v) is 3.12. The Morgan fingerprint density at radius 2 is 1.82 bits per heavy atom. The largest absolute Gasteiger partial charge is 0.452 e. The summed E-state index contributed by atoms with van der Waals surface area (Å²) >= 11 is 0. The summed E-state index contributed by atoms with van der Waals surface area (Å²) in [6, 6.07) is 14.9. The third-order valence-electron chi connectivity index (χ3n) is 4.42. The lowest BCUT2D eigenvalue weighted by Crippen LogP contribution is -2.25. The van der Waals surface area contributed by atoms with Crippen LogP contribution in [0.1, 0.15) is 19.4 Å². The predicted octanol–water partition coefficient (Wildman–Crippen LogP) is 3.97. The molecule has 4 aromatic rings. The minimum absolute atomic E-state index is 0.0353. The molecule has 146 valence electrons. The lowest BCUT2D eigenvalue weighted by molar-refractivity contribution is 0.187. The van der Waals surface area contributed by atoms with Crippen molar-refractivity contribution in [1.82, 2.24) is 9.55 Å². The van der Waals surface area contributed by atoms with E-state index in [0.29, 0.717) is 30.0 Å². The summed E-state index contributed by atoms with van der Waals surface area (Å²) in [5, 5.41) is 10.1. The van der Waals surface area contributed by atoms with E-state index in [0.717, 1.165) is 22.0 Å².